The maximum absolute atomic E-state index is 10.8. The van der Waals surface area contributed by atoms with Crippen LogP contribution in [0.5, 0.6) is 0 Å². The number of nitriles is 1. The molecule has 0 aliphatic carbocycles. The van der Waals surface area contributed by atoms with Crippen LogP contribution in [0.1, 0.15) is 21.5 Å². The number of hydrogen-bond acceptors (Lipinski definition) is 2. The number of hydrogen-bond donors (Lipinski definition) is 1. The molecule has 0 amide bonds. The monoisotopic (exact) mass is 317 g/mol. The number of carboxylic acid groups (broad SMARTS) is 1. The molecular weight excluding hydrogens is 309 g/mol. The molecule has 2 aromatic carbocycles. The number of halogens is 2. The number of nitrogens with zero attached hydrogens (tertiary/aromatic N) is 1. The van der Waals surface area contributed by atoms with Crippen LogP contribution in [0.15, 0.2) is 42.5 Å². The van der Waals surface area contributed by atoms with E-state index in [9.17, 15) is 10.1 Å². The molecule has 0 heterocycles. The molecule has 2 aromatic rings. The zero-order valence-electron chi connectivity index (χ0n) is 10.7. The normalized spacial score (nSPS) is 11.0. The number of aromatic carboxylic acids is 1. The SMILES string of the molecule is N#C/C(=C/c1ccc(Cl)cc1Cl)c1ccc(C(=O)O)cc1. The third-order valence-corrected chi connectivity index (χ3v) is 3.39. The smallest absolute Gasteiger partial charge is 0.335 e. The average molecular weight is 318 g/mol. The minimum absolute atomic E-state index is 0.167. The highest BCUT2D eigenvalue weighted by Gasteiger charge is 2.06. The van der Waals surface area contributed by atoms with Crippen LogP contribution in [0.25, 0.3) is 11.6 Å². The van der Waals surface area contributed by atoms with Crippen molar-refractivity contribution in [2.75, 3.05) is 0 Å². The fourth-order valence-electron chi connectivity index (χ4n) is 1.75. The number of rotatable bonds is 3. The van der Waals surface area contributed by atoms with Gasteiger partial charge in [-0.2, -0.15) is 5.26 Å². The number of allylic oxidation sites excluding steroid dienone is 1. The molecule has 0 spiro atoms. The van der Waals surface area contributed by atoms with Gasteiger partial charge in [0.15, 0.2) is 0 Å². The predicted molar refractivity (Wildman–Crippen MR) is 83.3 cm³/mol. The van der Waals surface area contributed by atoms with Crippen molar-refractivity contribution in [2.24, 2.45) is 0 Å². The lowest BCUT2D eigenvalue weighted by molar-refractivity contribution is 0.0697. The molecule has 1 N–H and O–H groups in total. The second kappa shape index (κ2) is 6.45. The van der Waals surface area contributed by atoms with Gasteiger partial charge in [-0.25, -0.2) is 4.79 Å². The van der Waals surface area contributed by atoms with Crippen molar-refractivity contribution in [2.45, 2.75) is 0 Å². The summed E-state index contributed by atoms with van der Waals surface area (Å²) in [7, 11) is 0. The van der Waals surface area contributed by atoms with Crippen LogP contribution in [-0.2, 0) is 0 Å². The predicted octanol–water partition coefficient (Wildman–Crippen LogP) is 4.76. The summed E-state index contributed by atoms with van der Waals surface area (Å²) in [5, 5.41) is 19.1. The fraction of sp³-hybridized carbons (Fsp3) is 0. The van der Waals surface area contributed by atoms with E-state index in [1.54, 1.807) is 36.4 Å². The van der Waals surface area contributed by atoms with Gasteiger partial charge in [-0.1, -0.05) is 41.4 Å². The molecule has 2 rings (SSSR count). The molecule has 0 aromatic heterocycles. The van der Waals surface area contributed by atoms with E-state index >= 15 is 0 Å². The third kappa shape index (κ3) is 3.63. The molecule has 0 radical (unpaired) electrons. The Morgan fingerprint density at radius 3 is 2.24 bits per heavy atom. The van der Waals surface area contributed by atoms with Gasteiger partial charge in [0.2, 0.25) is 0 Å². The summed E-state index contributed by atoms with van der Waals surface area (Å²) < 4.78 is 0. The molecule has 0 aliphatic heterocycles. The second-order valence-corrected chi connectivity index (χ2v) is 5.06. The zero-order valence-corrected chi connectivity index (χ0v) is 12.2. The quantitative estimate of drug-likeness (QED) is 0.656. The summed E-state index contributed by atoms with van der Waals surface area (Å²) >= 11 is 11.9. The van der Waals surface area contributed by atoms with E-state index in [0.717, 1.165) is 0 Å². The Balaban J connectivity index is 2.41. The Kier molecular flexibility index (Phi) is 4.64. The van der Waals surface area contributed by atoms with Crippen molar-refractivity contribution in [3.8, 4) is 6.07 Å². The molecule has 0 atom stereocenters. The van der Waals surface area contributed by atoms with Crippen molar-refractivity contribution < 1.29 is 9.90 Å². The first-order valence-electron chi connectivity index (χ1n) is 5.92. The van der Waals surface area contributed by atoms with E-state index in [4.69, 9.17) is 28.3 Å². The van der Waals surface area contributed by atoms with Crippen molar-refractivity contribution in [3.05, 3.63) is 69.2 Å². The van der Waals surface area contributed by atoms with Crippen molar-refractivity contribution in [1.82, 2.24) is 0 Å². The van der Waals surface area contributed by atoms with Gasteiger partial charge in [-0.3, -0.25) is 0 Å². The summed E-state index contributed by atoms with van der Waals surface area (Å²) in [6.45, 7) is 0. The van der Waals surface area contributed by atoms with Crippen LogP contribution in [0.3, 0.4) is 0 Å². The first kappa shape index (κ1) is 15.1. The van der Waals surface area contributed by atoms with Crippen LogP contribution in [0.2, 0.25) is 10.0 Å². The second-order valence-electron chi connectivity index (χ2n) is 4.22. The van der Waals surface area contributed by atoms with Gasteiger partial charge < -0.3 is 5.11 Å². The van der Waals surface area contributed by atoms with E-state index < -0.39 is 5.97 Å². The summed E-state index contributed by atoms with van der Waals surface area (Å²) in [4.78, 5) is 10.8. The average Bonchev–Trinajstić information content (AvgIpc) is 2.47. The van der Waals surface area contributed by atoms with Gasteiger partial charge in [-0.15, -0.1) is 0 Å². The van der Waals surface area contributed by atoms with E-state index in [1.807, 2.05) is 0 Å². The fourth-order valence-corrected chi connectivity index (χ4v) is 2.21. The van der Waals surface area contributed by atoms with E-state index in [-0.39, 0.29) is 5.56 Å². The Morgan fingerprint density at radius 2 is 1.71 bits per heavy atom. The van der Waals surface area contributed by atoms with Crippen LogP contribution in [0, 0.1) is 11.3 Å². The van der Waals surface area contributed by atoms with Gasteiger partial charge in [0.05, 0.1) is 17.2 Å². The first-order chi connectivity index (χ1) is 10.0. The number of carboxylic acids is 1. The van der Waals surface area contributed by atoms with Crippen LogP contribution in [0.4, 0.5) is 0 Å². The van der Waals surface area contributed by atoms with Gasteiger partial charge in [0.1, 0.15) is 0 Å². The largest absolute Gasteiger partial charge is 0.478 e. The highest BCUT2D eigenvalue weighted by molar-refractivity contribution is 6.35. The lowest BCUT2D eigenvalue weighted by Gasteiger charge is -2.03. The molecule has 0 saturated carbocycles. The number of carbonyl (C=O) groups is 1. The van der Waals surface area contributed by atoms with Gasteiger partial charge in [-0.05, 0) is 41.5 Å². The molecule has 0 saturated heterocycles. The summed E-state index contributed by atoms with van der Waals surface area (Å²) in [5.41, 5.74) is 1.84. The van der Waals surface area contributed by atoms with E-state index in [0.29, 0.717) is 26.7 Å². The van der Waals surface area contributed by atoms with Gasteiger partial charge in [0, 0.05) is 10.0 Å². The van der Waals surface area contributed by atoms with Crippen molar-refractivity contribution >= 4 is 40.8 Å². The minimum atomic E-state index is -1.01. The molecule has 3 nitrogen and oxygen atoms in total. The molecule has 5 heteroatoms. The maximum Gasteiger partial charge on any atom is 0.335 e. The van der Waals surface area contributed by atoms with Gasteiger partial charge in [0.25, 0.3) is 0 Å². The Hall–Kier alpha value is -2.28. The zero-order chi connectivity index (χ0) is 15.4. The summed E-state index contributed by atoms with van der Waals surface area (Å²) in [6, 6.07) is 13.1. The molecule has 21 heavy (non-hydrogen) atoms. The van der Waals surface area contributed by atoms with Crippen LogP contribution < -0.4 is 0 Å². The van der Waals surface area contributed by atoms with Crippen LogP contribution in [-0.4, -0.2) is 11.1 Å². The standard InChI is InChI=1S/C16H9Cl2NO2/c17-14-6-5-12(15(18)8-14)7-13(9-19)10-1-3-11(4-2-10)16(20)21/h1-8H,(H,20,21)/b13-7-. The van der Waals surface area contributed by atoms with Crippen LogP contribution >= 0.6 is 23.2 Å². The first-order valence-corrected chi connectivity index (χ1v) is 6.67. The van der Waals surface area contributed by atoms with E-state index in [1.165, 1.54) is 12.1 Å². The Labute approximate surface area is 131 Å². The Bertz CT molecular complexity index is 759. The summed E-state index contributed by atoms with van der Waals surface area (Å²) in [6.07, 6.45) is 1.63. The minimum Gasteiger partial charge on any atom is -0.478 e. The lowest BCUT2D eigenvalue weighted by atomic mass is 10.0. The molecule has 0 unspecified atom stereocenters. The lowest BCUT2D eigenvalue weighted by Crippen LogP contribution is -1.95. The van der Waals surface area contributed by atoms with Crippen molar-refractivity contribution in [1.29, 1.82) is 5.26 Å². The molecule has 104 valence electrons. The summed E-state index contributed by atoms with van der Waals surface area (Å²) in [5.74, 6) is -1.01. The molecule has 0 fully saturated rings. The maximum atomic E-state index is 10.8. The molecule has 0 aliphatic rings. The highest BCUT2D eigenvalue weighted by Crippen LogP contribution is 2.25. The van der Waals surface area contributed by atoms with E-state index in [2.05, 4.69) is 6.07 Å². The molecule has 0 bridgehead atoms. The Morgan fingerprint density at radius 1 is 1.10 bits per heavy atom. The topological polar surface area (TPSA) is 61.1 Å². The highest BCUT2D eigenvalue weighted by atomic mass is 35.5. The molecular formula is C16H9Cl2NO2. The number of benzene rings is 2. The van der Waals surface area contributed by atoms with Gasteiger partial charge >= 0.3 is 5.97 Å². The van der Waals surface area contributed by atoms with Crippen molar-refractivity contribution in [3.63, 3.8) is 0 Å². The third-order valence-electron chi connectivity index (χ3n) is 2.83.